The highest BCUT2D eigenvalue weighted by atomic mass is 16.6. The van der Waals surface area contributed by atoms with Crippen molar-refractivity contribution >= 4 is 0 Å². The van der Waals surface area contributed by atoms with Gasteiger partial charge < -0.3 is 9.47 Å². The Morgan fingerprint density at radius 2 is 1.53 bits per heavy atom. The zero-order valence-corrected chi connectivity index (χ0v) is 12.5. The lowest BCUT2D eigenvalue weighted by atomic mass is 9.77. The van der Waals surface area contributed by atoms with Crippen molar-refractivity contribution in [2.24, 2.45) is 16.7 Å². The van der Waals surface area contributed by atoms with Gasteiger partial charge in [-0.2, -0.15) is 0 Å². The third-order valence-electron chi connectivity index (χ3n) is 2.86. The van der Waals surface area contributed by atoms with Crippen LogP contribution in [0.3, 0.4) is 0 Å². The minimum atomic E-state index is 0.384. The Kier molecular flexibility index (Phi) is 5.03. The van der Waals surface area contributed by atoms with Crippen molar-refractivity contribution < 1.29 is 9.47 Å². The largest absolute Gasteiger partial charge is 0.378 e. The molecule has 1 saturated heterocycles. The summed E-state index contributed by atoms with van der Waals surface area (Å²) in [5.74, 6) is 0.661. The van der Waals surface area contributed by atoms with Crippen molar-refractivity contribution in [2.75, 3.05) is 19.8 Å². The van der Waals surface area contributed by atoms with Crippen LogP contribution in [0.2, 0.25) is 0 Å². The Morgan fingerprint density at radius 3 is 1.88 bits per heavy atom. The summed E-state index contributed by atoms with van der Waals surface area (Å²) in [6.07, 6.45) is 2.85. The summed E-state index contributed by atoms with van der Waals surface area (Å²) < 4.78 is 11.0. The van der Waals surface area contributed by atoms with Crippen LogP contribution in [0.5, 0.6) is 0 Å². The van der Waals surface area contributed by atoms with Crippen molar-refractivity contribution in [1.82, 2.24) is 0 Å². The van der Waals surface area contributed by atoms with Crippen LogP contribution in [0.4, 0.5) is 0 Å². The van der Waals surface area contributed by atoms with Crippen LogP contribution >= 0.6 is 0 Å². The Morgan fingerprint density at radius 1 is 1.06 bits per heavy atom. The Hall–Kier alpha value is -0.0800. The third-order valence-corrected chi connectivity index (χ3v) is 2.86. The van der Waals surface area contributed by atoms with E-state index in [1.54, 1.807) is 0 Å². The molecule has 0 amide bonds. The van der Waals surface area contributed by atoms with Crippen molar-refractivity contribution in [3.8, 4) is 0 Å². The predicted octanol–water partition coefficient (Wildman–Crippen LogP) is 3.89. The first kappa shape index (κ1) is 15.0. The second kappa shape index (κ2) is 5.71. The molecule has 17 heavy (non-hydrogen) atoms. The molecule has 1 atom stereocenters. The molecule has 1 heterocycles. The molecule has 0 N–H and O–H groups in total. The molecule has 0 radical (unpaired) electrons. The van der Waals surface area contributed by atoms with Gasteiger partial charge in [0.05, 0.1) is 13.2 Å². The lowest BCUT2D eigenvalue weighted by Crippen LogP contribution is -2.23. The fourth-order valence-electron chi connectivity index (χ4n) is 2.45. The van der Waals surface area contributed by atoms with Gasteiger partial charge in [-0.3, -0.25) is 0 Å². The normalized spacial score (nSPS) is 21.0. The van der Waals surface area contributed by atoms with Gasteiger partial charge in [-0.25, -0.2) is 0 Å². The van der Waals surface area contributed by atoms with Crippen molar-refractivity contribution in [3.05, 3.63) is 0 Å². The second-order valence-corrected chi connectivity index (χ2v) is 7.89. The van der Waals surface area contributed by atoms with Gasteiger partial charge in [-0.05, 0) is 29.6 Å². The first-order valence-electron chi connectivity index (χ1n) is 6.85. The van der Waals surface area contributed by atoms with Gasteiger partial charge in [0.2, 0.25) is 0 Å². The van der Waals surface area contributed by atoms with E-state index in [4.69, 9.17) is 9.47 Å². The average Bonchev–Trinajstić information content (AvgIpc) is 2.80. The van der Waals surface area contributed by atoms with Crippen LogP contribution in [-0.2, 0) is 9.47 Å². The van der Waals surface area contributed by atoms with Crippen LogP contribution in [0.1, 0.15) is 54.4 Å². The summed E-state index contributed by atoms with van der Waals surface area (Å²) in [5, 5.41) is 0. The maximum Gasteiger partial charge on any atom is 0.104 e. The molecule has 1 rings (SSSR count). The Balaban J connectivity index is 2.33. The zero-order chi connectivity index (χ0) is 13.1. The molecule has 1 aliphatic heterocycles. The lowest BCUT2D eigenvalue weighted by Gasteiger charge is -2.31. The minimum absolute atomic E-state index is 0.384. The standard InChI is InChI=1S/C15H30O2/c1-14(2,3)7-12(8-15(4,5)6)9-16-10-13-11-17-13/h12-13H,7-11H2,1-6H3. The van der Waals surface area contributed by atoms with E-state index < -0.39 is 0 Å². The summed E-state index contributed by atoms with van der Waals surface area (Å²) in [6.45, 7) is 16.4. The molecule has 1 aliphatic rings. The summed E-state index contributed by atoms with van der Waals surface area (Å²) in [5.41, 5.74) is 0.769. The molecule has 0 spiro atoms. The van der Waals surface area contributed by atoms with E-state index >= 15 is 0 Å². The molecule has 2 heteroatoms. The smallest absolute Gasteiger partial charge is 0.104 e. The monoisotopic (exact) mass is 242 g/mol. The Bertz CT molecular complexity index is 202. The number of epoxide rings is 1. The first-order chi connectivity index (χ1) is 7.66. The molecule has 0 aromatic heterocycles. The lowest BCUT2D eigenvalue weighted by molar-refractivity contribution is 0.0561. The maximum absolute atomic E-state index is 5.79. The van der Waals surface area contributed by atoms with Gasteiger partial charge in [0.1, 0.15) is 6.10 Å². The van der Waals surface area contributed by atoms with E-state index in [0.29, 0.717) is 22.9 Å². The average molecular weight is 242 g/mol. The van der Waals surface area contributed by atoms with Crippen molar-refractivity contribution in [1.29, 1.82) is 0 Å². The number of hydrogen-bond donors (Lipinski definition) is 0. The number of hydrogen-bond acceptors (Lipinski definition) is 2. The van der Waals surface area contributed by atoms with Gasteiger partial charge in [-0.1, -0.05) is 41.5 Å². The molecule has 0 saturated carbocycles. The Labute approximate surface area is 107 Å². The van der Waals surface area contributed by atoms with E-state index in [1.807, 2.05) is 0 Å². The highest BCUT2D eigenvalue weighted by molar-refractivity contribution is 4.75. The van der Waals surface area contributed by atoms with Crippen LogP contribution in [-0.4, -0.2) is 25.9 Å². The summed E-state index contributed by atoms with van der Waals surface area (Å²) in [7, 11) is 0. The molecule has 0 bridgehead atoms. The van der Waals surface area contributed by atoms with Crippen LogP contribution < -0.4 is 0 Å². The summed E-state index contributed by atoms with van der Waals surface area (Å²) in [6, 6.07) is 0. The van der Waals surface area contributed by atoms with Gasteiger partial charge in [0.15, 0.2) is 0 Å². The van der Waals surface area contributed by atoms with E-state index in [0.717, 1.165) is 19.8 Å². The third kappa shape index (κ3) is 8.62. The van der Waals surface area contributed by atoms with Crippen LogP contribution in [0, 0.1) is 16.7 Å². The van der Waals surface area contributed by atoms with Gasteiger partial charge in [-0.15, -0.1) is 0 Å². The second-order valence-electron chi connectivity index (χ2n) is 7.89. The summed E-state index contributed by atoms with van der Waals surface area (Å²) in [4.78, 5) is 0. The summed E-state index contributed by atoms with van der Waals surface area (Å²) >= 11 is 0. The zero-order valence-electron chi connectivity index (χ0n) is 12.5. The molecular formula is C15H30O2. The van der Waals surface area contributed by atoms with Gasteiger partial charge >= 0.3 is 0 Å². The van der Waals surface area contributed by atoms with Crippen molar-refractivity contribution in [2.45, 2.75) is 60.5 Å². The molecule has 0 aromatic rings. The predicted molar refractivity (Wildman–Crippen MR) is 72.2 cm³/mol. The first-order valence-corrected chi connectivity index (χ1v) is 6.85. The quantitative estimate of drug-likeness (QED) is 0.659. The van der Waals surface area contributed by atoms with Crippen molar-refractivity contribution in [3.63, 3.8) is 0 Å². The minimum Gasteiger partial charge on any atom is -0.378 e. The topological polar surface area (TPSA) is 21.8 Å². The highest BCUT2D eigenvalue weighted by Crippen LogP contribution is 2.33. The number of ether oxygens (including phenoxy) is 2. The van der Waals surface area contributed by atoms with Gasteiger partial charge in [0.25, 0.3) is 0 Å². The van der Waals surface area contributed by atoms with Crippen LogP contribution in [0.25, 0.3) is 0 Å². The molecular weight excluding hydrogens is 212 g/mol. The van der Waals surface area contributed by atoms with E-state index in [-0.39, 0.29) is 0 Å². The molecule has 102 valence electrons. The fourth-order valence-corrected chi connectivity index (χ4v) is 2.45. The van der Waals surface area contributed by atoms with E-state index in [1.165, 1.54) is 12.8 Å². The molecule has 0 aliphatic carbocycles. The van der Waals surface area contributed by atoms with E-state index in [2.05, 4.69) is 41.5 Å². The molecule has 1 fully saturated rings. The maximum atomic E-state index is 5.79. The van der Waals surface area contributed by atoms with Gasteiger partial charge in [0, 0.05) is 6.61 Å². The molecule has 0 aromatic carbocycles. The SMILES string of the molecule is CC(C)(C)CC(COCC1CO1)CC(C)(C)C. The fraction of sp³-hybridized carbons (Fsp3) is 1.00. The van der Waals surface area contributed by atoms with E-state index in [9.17, 15) is 0 Å². The molecule has 1 unspecified atom stereocenters. The van der Waals surface area contributed by atoms with Crippen LogP contribution in [0.15, 0.2) is 0 Å². The number of rotatable bonds is 6. The molecule has 2 nitrogen and oxygen atoms in total. The highest BCUT2D eigenvalue weighted by Gasteiger charge is 2.26.